The Balaban J connectivity index is 1.49. The predicted molar refractivity (Wildman–Crippen MR) is 130 cm³/mol. The SMILES string of the molecule is CCOC(=O)c1c(C)n(CC)c2ccc(OCC(=O)NN3C(=O)CSC3c3ccccc3)cc12. The molecule has 2 aromatic carbocycles. The van der Waals surface area contributed by atoms with Crippen molar-refractivity contribution in [3.63, 3.8) is 0 Å². The van der Waals surface area contributed by atoms with E-state index in [1.807, 2.05) is 54.8 Å². The van der Waals surface area contributed by atoms with Crippen molar-refractivity contribution in [1.29, 1.82) is 0 Å². The molecule has 1 unspecified atom stereocenters. The zero-order chi connectivity index (χ0) is 24.2. The number of ether oxygens (including phenoxy) is 2. The summed E-state index contributed by atoms with van der Waals surface area (Å²) in [5.74, 6) is -0.247. The molecule has 1 aliphatic rings. The van der Waals surface area contributed by atoms with Gasteiger partial charge in [0, 0.05) is 23.1 Å². The smallest absolute Gasteiger partial charge is 0.340 e. The fourth-order valence-electron chi connectivity index (χ4n) is 4.14. The Kier molecular flexibility index (Phi) is 7.12. The maximum Gasteiger partial charge on any atom is 0.340 e. The van der Waals surface area contributed by atoms with Crippen LogP contribution in [0.3, 0.4) is 0 Å². The first-order valence-corrected chi connectivity index (χ1v) is 12.2. The van der Waals surface area contributed by atoms with Crippen LogP contribution in [-0.4, -0.2) is 46.3 Å². The van der Waals surface area contributed by atoms with E-state index in [-0.39, 0.29) is 30.5 Å². The Bertz CT molecular complexity index is 1220. The number of hydrogen-bond acceptors (Lipinski definition) is 6. The first-order chi connectivity index (χ1) is 16.4. The van der Waals surface area contributed by atoms with Gasteiger partial charge in [-0.05, 0) is 44.5 Å². The number of carbonyl (C=O) groups is 3. The first-order valence-electron chi connectivity index (χ1n) is 11.1. The van der Waals surface area contributed by atoms with Gasteiger partial charge in [0.05, 0.1) is 17.9 Å². The maximum absolute atomic E-state index is 12.6. The Morgan fingerprint density at radius 3 is 2.62 bits per heavy atom. The molecular weight excluding hydrogens is 454 g/mol. The van der Waals surface area contributed by atoms with Crippen molar-refractivity contribution in [2.45, 2.75) is 32.7 Å². The number of rotatable bonds is 8. The molecule has 3 aromatic rings. The van der Waals surface area contributed by atoms with E-state index >= 15 is 0 Å². The van der Waals surface area contributed by atoms with Gasteiger partial charge in [-0.1, -0.05) is 30.3 Å². The van der Waals surface area contributed by atoms with Crippen molar-refractivity contribution in [1.82, 2.24) is 15.0 Å². The fourth-order valence-corrected chi connectivity index (χ4v) is 5.25. The molecule has 9 heteroatoms. The highest BCUT2D eigenvalue weighted by Gasteiger charge is 2.34. The minimum Gasteiger partial charge on any atom is -0.484 e. The van der Waals surface area contributed by atoms with E-state index in [9.17, 15) is 14.4 Å². The highest BCUT2D eigenvalue weighted by Crippen LogP contribution is 2.37. The number of carbonyl (C=O) groups excluding carboxylic acids is 3. The minimum atomic E-state index is -0.440. The first kappa shape index (κ1) is 23.7. The normalized spacial score (nSPS) is 15.6. The van der Waals surface area contributed by atoms with Crippen LogP contribution >= 0.6 is 11.8 Å². The third-order valence-electron chi connectivity index (χ3n) is 5.66. The second kappa shape index (κ2) is 10.2. The zero-order valence-electron chi connectivity index (χ0n) is 19.4. The Morgan fingerprint density at radius 2 is 1.91 bits per heavy atom. The topological polar surface area (TPSA) is 89.9 Å². The number of benzene rings is 2. The van der Waals surface area contributed by atoms with E-state index in [2.05, 4.69) is 5.43 Å². The number of nitrogens with zero attached hydrogens (tertiary/aromatic N) is 2. The number of esters is 1. The van der Waals surface area contributed by atoms with Gasteiger partial charge >= 0.3 is 5.97 Å². The van der Waals surface area contributed by atoms with Gasteiger partial charge in [0.2, 0.25) is 0 Å². The number of amides is 2. The molecule has 0 saturated carbocycles. The fraction of sp³-hybridized carbons (Fsp3) is 0.320. The summed E-state index contributed by atoms with van der Waals surface area (Å²) in [4.78, 5) is 37.5. The summed E-state index contributed by atoms with van der Waals surface area (Å²) >= 11 is 1.46. The molecule has 0 bridgehead atoms. The van der Waals surface area contributed by atoms with Crippen LogP contribution in [0.1, 0.15) is 40.8 Å². The van der Waals surface area contributed by atoms with Crippen molar-refractivity contribution in [2.24, 2.45) is 0 Å². The number of hydrogen-bond donors (Lipinski definition) is 1. The molecule has 1 N–H and O–H groups in total. The predicted octanol–water partition coefficient (Wildman–Crippen LogP) is 3.83. The number of hydrazine groups is 1. The third kappa shape index (κ3) is 4.61. The van der Waals surface area contributed by atoms with Crippen molar-refractivity contribution >= 4 is 40.4 Å². The zero-order valence-corrected chi connectivity index (χ0v) is 20.2. The molecule has 0 aliphatic carbocycles. The Labute approximate surface area is 202 Å². The van der Waals surface area contributed by atoms with Crippen molar-refractivity contribution in [2.75, 3.05) is 19.0 Å². The summed E-state index contributed by atoms with van der Waals surface area (Å²) in [5.41, 5.74) is 5.83. The van der Waals surface area contributed by atoms with Gasteiger partial charge in [0.15, 0.2) is 6.61 Å². The summed E-state index contributed by atoms with van der Waals surface area (Å²) in [7, 11) is 0. The quantitative estimate of drug-likeness (QED) is 0.492. The summed E-state index contributed by atoms with van der Waals surface area (Å²) < 4.78 is 13.0. The minimum absolute atomic E-state index is 0.163. The molecule has 4 rings (SSSR count). The summed E-state index contributed by atoms with van der Waals surface area (Å²) in [5, 5.41) is 1.79. The largest absolute Gasteiger partial charge is 0.484 e. The van der Waals surface area contributed by atoms with Crippen molar-refractivity contribution in [3.05, 3.63) is 65.4 Å². The summed E-state index contributed by atoms with van der Waals surface area (Å²) in [6.07, 6.45) is 0. The molecule has 178 valence electrons. The summed E-state index contributed by atoms with van der Waals surface area (Å²) in [6, 6.07) is 14.9. The van der Waals surface area contributed by atoms with E-state index < -0.39 is 5.91 Å². The van der Waals surface area contributed by atoms with Crippen LogP contribution in [-0.2, 0) is 20.9 Å². The molecule has 1 aromatic heterocycles. The van der Waals surface area contributed by atoms with Crippen LogP contribution in [0.25, 0.3) is 10.9 Å². The number of aryl methyl sites for hydroxylation is 1. The van der Waals surface area contributed by atoms with Gasteiger partial charge in [0.25, 0.3) is 11.8 Å². The molecule has 34 heavy (non-hydrogen) atoms. The lowest BCUT2D eigenvalue weighted by Gasteiger charge is -2.24. The van der Waals surface area contributed by atoms with E-state index in [1.165, 1.54) is 16.8 Å². The molecule has 8 nitrogen and oxygen atoms in total. The van der Waals surface area contributed by atoms with E-state index in [0.29, 0.717) is 29.0 Å². The van der Waals surface area contributed by atoms with Crippen LogP contribution in [0.4, 0.5) is 0 Å². The van der Waals surface area contributed by atoms with Crippen LogP contribution < -0.4 is 10.2 Å². The van der Waals surface area contributed by atoms with Gasteiger partial charge in [-0.15, -0.1) is 11.8 Å². The molecule has 1 aliphatic heterocycles. The van der Waals surface area contributed by atoms with Crippen LogP contribution in [0.2, 0.25) is 0 Å². The maximum atomic E-state index is 12.6. The number of nitrogens with one attached hydrogen (secondary N) is 1. The molecular formula is C25H27N3O5S. The van der Waals surface area contributed by atoms with E-state index in [4.69, 9.17) is 9.47 Å². The Hall–Kier alpha value is -3.46. The molecule has 0 radical (unpaired) electrons. The average Bonchev–Trinajstić information content (AvgIpc) is 3.34. The highest BCUT2D eigenvalue weighted by molar-refractivity contribution is 8.00. The summed E-state index contributed by atoms with van der Waals surface area (Å²) in [6.45, 7) is 6.38. The second-order valence-corrected chi connectivity index (χ2v) is 8.83. The average molecular weight is 482 g/mol. The lowest BCUT2D eigenvalue weighted by atomic mass is 10.1. The van der Waals surface area contributed by atoms with E-state index in [1.54, 1.807) is 19.1 Å². The Morgan fingerprint density at radius 1 is 1.15 bits per heavy atom. The number of fused-ring (bicyclic) bond motifs is 1. The van der Waals surface area contributed by atoms with Crippen molar-refractivity contribution < 1.29 is 23.9 Å². The van der Waals surface area contributed by atoms with Gasteiger partial charge in [-0.25, -0.2) is 9.80 Å². The lowest BCUT2D eigenvalue weighted by Crippen LogP contribution is -2.46. The third-order valence-corrected chi connectivity index (χ3v) is 6.87. The number of thioether (sulfide) groups is 1. The molecule has 1 atom stereocenters. The molecule has 1 fully saturated rings. The monoisotopic (exact) mass is 481 g/mol. The molecule has 0 spiro atoms. The molecule has 2 amide bonds. The van der Waals surface area contributed by atoms with Crippen LogP contribution in [0.5, 0.6) is 5.75 Å². The van der Waals surface area contributed by atoms with Gasteiger partial charge in [0.1, 0.15) is 11.1 Å². The lowest BCUT2D eigenvalue weighted by molar-refractivity contribution is -0.140. The highest BCUT2D eigenvalue weighted by atomic mass is 32.2. The van der Waals surface area contributed by atoms with Crippen LogP contribution in [0.15, 0.2) is 48.5 Å². The second-order valence-electron chi connectivity index (χ2n) is 7.77. The standard InChI is InChI=1S/C25H27N3O5S/c1-4-27-16(3)23(25(31)32-5-2)19-13-18(11-12-20(19)27)33-14-21(29)26-28-22(30)15-34-24(28)17-9-7-6-8-10-17/h6-13,24H,4-5,14-15H2,1-3H3,(H,26,29). The van der Waals surface area contributed by atoms with Crippen molar-refractivity contribution in [3.8, 4) is 5.75 Å². The van der Waals surface area contributed by atoms with Gasteiger partial charge < -0.3 is 14.0 Å². The van der Waals surface area contributed by atoms with E-state index in [0.717, 1.165) is 16.8 Å². The van der Waals surface area contributed by atoms with Crippen LogP contribution in [0, 0.1) is 6.92 Å². The number of aromatic nitrogens is 1. The van der Waals surface area contributed by atoms with Gasteiger partial charge in [-0.3, -0.25) is 15.0 Å². The molecule has 1 saturated heterocycles. The van der Waals surface area contributed by atoms with Gasteiger partial charge in [-0.2, -0.15) is 0 Å². The molecule has 2 heterocycles.